The van der Waals surface area contributed by atoms with Gasteiger partial charge in [0.1, 0.15) is 5.75 Å². The molecule has 1 heterocycles. The Hall–Kier alpha value is -1.55. The van der Waals surface area contributed by atoms with Crippen LogP contribution in [0.1, 0.15) is 50.2 Å². The molecule has 0 aliphatic carbocycles. The van der Waals surface area contributed by atoms with Crippen molar-refractivity contribution in [3.8, 4) is 5.75 Å². The maximum atomic E-state index is 12.1. The van der Waals surface area contributed by atoms with Gasteiger partial charge in [-0.25, -0.2) is 0 Å². The van der Waals surface area contributed by atoms with Crippen molar-refractivity contribution in [2.24, 2.45) is 0 Å². The molecule has 1 amide bonds. The second-order valence-corrected chi connectivity index (χ2v) is 6.78. The van der Waals surface area contributed by atoms with Crippen LogP contribution in [0.15, 0.2) is 18.2 Å². The van der Waals surface area contributed by atoms with Crippen molar-refractivity contribution in [1.82, 2.24) is 10.2 Å². The smallest absolute Gasteiger partial charge is 0.224 e. The average molecular weight is 332 g/mol. The van der Waals surface area contributed by atoms with Crippen LogP contribution in [-0.2, 0) is 11.2 Å². The summed E-state index contributed by atoms with van der Waals surface area (Å²) in [5, 5.41) is 3.05. The van der Waals surface area contributed by atoms with Gasteiger partial charge in [0.05, 0.1) is 13.5 Å². The van der Waals surface area contributed by atoms with Gasteiger partial charge in [-0.3, -0.25) is 4.79 Å². The molecule has 1 aliphatic heterocycles. The Morgan fingerprint density at radius 2 is 2.21 bits per heavy atom. The molecule has 0 spiro atoms. The Morgan fingerprint density at radius 3 is 2.92 bits per heavy atom. The molecule has 1 fully saturated rings. The summed E-state index contributed by atoms with van der Waals surface area (Å²) in [5.74, 6) is 0.969. The van der Waals surface area contributed by atoms with Crippen molar-refractivity contribution in [3.05, 3.63) is 29.3 Å². The molecule has 1 aromatic rings. The monoisotopic (exact) mass is 332 g/mol. The first-order valence-electron chi connectivity index (χ1n) is 9.28. The van der Waals surface area contributed by atoms with Crippen molar-refractivity contribution in [2.75, 3.05) is 26.7 Å². The van der Waals surface area contributed by atoms with Crippen molar-refractivity contribution >= 4 is 5.91 Å². The number of piperidine rings is 1. The molecule has 0 unspecified atom stereocenters. The van der Waals surface area contributed by atoms with Crippen LogP contribution in [0.3, 0.4) is 0 Å². The molecule has 2 rings (SSSR count). The van der Waals surface area contributed by atoms with Gasteiger partial charge in [-0.2, -0.15) is 0 Å². The van der Waals surface area contributed by atoms with Gasteiger partial charge in [0.15, 0.2) is 0 Å². The summed E-state index contributed by atoms with van der Waals surface area (Å²) in [6.45, 7) is 7.36. The van der Waals surface area contributed by atoms with Crippen molar-refractivity contribution in [3.63, 3.8) is 0 Å². The number of rotatable bonds is 8. The van der Waals surface area contributed by atoms with E-state index in [-0.39, 0.29) is 5.91 Å². The second kappa shape index (κ2) is 9.67. The van der Waals surface area contributed by atoms with Gasteiger partial charge in [0.25, 0.3) is 0 Å². The number of carbonyl (C=O) groups excluding carboxylic acids is 1. The van der Waals surface area contributed by atoms with E-state index in [2.05, 4.69) is 17.1 Å². The fourth-order valence-electron chi connectivity index (χ4n) is 3.63. The number of nitrogens with zero attached hydrogens (tertiary/aromatic N) is 1. The summed E-state index contributed by atoms with van der Waals surface area (Å²) in [5.41, 5.74) is 2.10. The van der Waals surface area contributed by atoms with E-state index < -0.39 is 0 Å². The van der Waals surface area contributed by atoms with E-state index in [1.165, 1.54) is 32.2 Å². The highest BCUT2D eigenvalue weighted by Crippen LogP contribution is 2.20. The van der Waals surface area contributed by atoms with Crippen LogP contribution < -0.4 is 10.1 Å². The standard InChI is InChI=1S/C20H32N2O2/c1-4-18-8-5-6-12-22(18)13-7-11-21-20(23)15-17-9-10-19(24-3)16(2)14-17/h9-10,14,18H,4-8,11-13,15H2,1-3H3,(H,21,23)/t18-/m0/s1. The highest BCUT2D eigenvalue weighted by atomic mass is 16.5. The lowest BCUT2D eigenvalue weighted by Crippen LogP contribution is -2.40. The van der Waals surface area contributed by atoms with E-state index in [1.807, 2.05) is 25.1 Å². The predicted molar refractivity (Wildman–Crippen MR) is 98.6 cm³/mol. The van der Waals surface area contributed by atoms with Gasteiger partial charge in [-0.1, -0.05) is 25.5 Å². The van der Waals surface area contributed by atoms with E-state index in [1.54, 1.807) is 7.11 Å². The lowest BCUT2D eigenvalue weighted by Gasteiger charge is -2.35. The number of benzene rings is 1. The Bertz CT molecular complexity index is 530. The summed E-state index contributed by atoms with van der Waals surface area (Å²) in [6, 6.07) is 6.67. The third-order valence-corrected chi connectivity index (χ3v) is 4.99. The minimum Gasteiger partial charge on any atom is -0.496 e. The number of likely N-dealkylation sites (tertiary alicyclic amines) is 1. The third kappa shape index (κ3) is 5.52. The normalized spacial score (nSPS) is 18.4. The Labute approximate surface area is 146 Å². The Morgan fingerprint density at radius 1 is 1.38 bits per heavy atom. The lowest BCUT2D eigenvalue weighted by atomic mass is 10.00. The first kappa shape index (κ1) is 18.8. The molecule has 1 N–H and O–H groups in total. The molecule has 0 bridgehead atoms. The maximum Gasteiger partial charge on any atom is 0.224 e. The highest BCUT2D eigenvalue weighted by Gasteiger charge is 2.19. The summed E-state index contributed by atoms with van der Waals surface area (Å²) < 4.78 is 5.25. The molecule has 1 aliphatic rings. The molecule has 0 saturated carbocycles. The van der Waals surface area contributed by atoms with Gasteiger partial charge in [0, 0.05) is 19.1 Å². The zero-order valence-corrected chi connectivity index (χ0v) is 15.4. The number of methoxy groups -OCH3 is 1. The van der Waals surface area contributed by atoms with Crippen LogP contribution in [0, 0.1) is 6.92 Å². The molecule has 0 radical (unpaired) electrons. The largest absolute Gasteiger partial charge is 0.496 e. The molecule has 1 aromatic carbocycles. The minimum absolute atomic E-state index is 0.102. The number of carbonyl (C=O) groups is 1. The Kier molecular flexibility index (Phi) is 7.57. The van der Waals surface area contributed by atoms with Crippen molar-refractivity contribution < 1.29 is 9.53 Å². The second-order valence-electron chi connectivity index (χ2n) is 6.78. The molecule has 4 nitrogen and oxygen atoms in total. The number of ether oxygens (including phenoxy) is 1. The van der Waals surface area contributed by atoms with Gasteiger partial charge < -0.3 is 15.0 Å². The van der Waals surface area contributed by atoms with Crippen LogP contribution in [0.25, 0.3) is 0 Å². The summed E-state index contributed by atoms with van der Waals surface area (Å²) in [6.07, 6.45) is 6.73. The first-order chi connectivity index (χ1) is 11.6. The van der Waals surface area contributed by atoms with Gasteiger partial charge in [0.2, 0.25) is 5.91 Å². The molecule has 0 aromatic heterocycles. The van der Waals surface area contributed by atoms with Gasteiger partial charge >= 0.3 is 0 Å². The quantitative estimate of drug-likeness (QED) is 0.743. The fourth-order valence-corrected chi connectivity index (χ4v) is 3.63. The maximum absolute atomic E-state index is 12.1. The van der Waals surface area contributed by atoms with Crippen molar-refractivity contribution in [1.29, 1.82) is 0 Å². The lowest BCUT2D eigenvalue weighted by molar-refractivity contribution is -0.120. The van der Waals surface area contributed by atoms with E-state index in [4.69, 9.17) is 4.74 Å². The number of nitrogens with one attached hydrogen (secondary N) is 1. The van der Waals surface area contributed by atoms with Crippen LogP contribution in [0.2, 0.25) is 0 Å². The fraction of sp³-hybridized carbons (Fsp3) is 0.650. The topological polar surface area (TPSA) is 41.6 Å². The minimum atomic E-state index is 0.102. The molecule has 1 atom stereocenters. The third-order valence-electron chi connectivity index (χ3n) is 4.99. The molecule has 4 heteroatoms. The number of hydrogen-bond donors (Lipinski definition) is 1. The van der Waals surface area contributed by atoms with Crippen LogP contribution in [-0.4, -0.2) is 43.6 Å². The number of hydrogen-bond acceptors (Lipinski definition) is 3. The average Bonchev–Trinajstić information content (AvgIpc) is 2.59. The van der Waals surface area contributed by atoms with E-state index in [0.717, 1.165) is 42.4 Å². The Balaban J connectivity index is 1.68. The number of amides is 1. The van der Waals surface area contributed by atoms with E-state index in [0.29, 0.717) is 6.42 Å². The summed E-state index contributed by atoms with van der Waals surface area (Å²) in [7, 11) is 1.67. The SMILES string of the molecule is CC[C@H]1CCCCN1CCCNC(=O)Cc1ccc(OC)c(C)c1. The summed E-state index contributed by atoms with van der Waals surface area (Å²) in [4.78, 5) is 14.7. The summed E-state index contributed by atoms with van der Waals surface area (Å²) >= 11 is 0. The molecular formula is C20H32N2O2. The van der Waals surface area contributed by atoms with Crippen LogP contribution >= 0.6 is 0 Å². The molecule has 24 heavy (non-hydrogen) atoms. The molecule has 1 saturated heterocycles. The number of aryl methyl sites for hydroxylation is 1. The molecular weight excluding hydrogens is 300 g/mol. The first-order valence-corrected chi connectivity index (χ1v) is 9.28. The molecule has 134 valence electrons. The van der Waals surface area contributed by atoms with E-state index in [9.17, 15) is 4.79 Å². The zero-order chi connectivity index (χ0) is 17.4. The zero-order valence-electron chi connectivity index (χ0n) is 15.4. The van der Waals surface area contributed by atoms with Crippen molar-refractivity contribution in [2.45, 2.75) is 58.4 Å². The van der Waals surface area contributed by atoms with Crippen LogP contribution in [0.5, 0.6) is 5.75 Å². The van der Waals surface area contributed by atoms with Gasteiger partial charge in [-0.05, 0) is 56.3 Å². The van der Waals surface area contributed by atoms with Crippen LogP contribution in [0.4, 0.5) is 0 Å². The predicted octanol–water partition coefficient (Wildman–Crippen LogP) is 3.32. The highest BCUT2D eigenvalue weighted by molar-refractivity contribution is 5.78. The van der Waals surface area contributed by atoms with E-state index >= 15 is 0 Å². The van der Waals surface area contributed by atoms with Gasteiger partial charge in [-0.15, -0.1) is 0 Å².